The average Bonchev–Trinajstić information content (AvgIpc) is 3.03. The first kappa shape index (κ1) is 14.0. The zero-order valence-corrected chi connectivity index (χ0v) is 13.6. The van der Waals surface area contributed by atoms with Crippen LogP contribution >= 0.6 is 0 Å². The smallest absolute Gasteiger partial charge is 0.145 e. The molecule has 0 unspecified atom stereocenters. The van der Waals surface area contributed by atoms with Gasteiger partial charge < -0.3 is 0 Å². The van der Waals surface area contributed by atoms with Gasteiger partial charge in [-0.15, -0.1) is 0 Å². The van der Waals surface area contributed by atoms with E-state index in [0.29, 0.717) is 0 Å². The van der Waals surface area contributed by atoms with Gasteiger partial charge in [0.15, 0.2) is 0 Å². The van der Waals surface area contributed by atoms with E-state index in [-0.39, 0.29) is 0 Å². The number of hydrogen-bond donors (Lipinski definition) is 0. The topological polar surface area (TPSA) is 17.8 Å². The Kier molecular flexibility index (Phi) is 3.14. The number of fused-ring (bicyclic) bond motifs is 3. The zero-order valence-electron chi connectivity index (χ0n) is 13.6. The molecule has 0 saturated carbocycles. The molecule has 118 valence electrons. The monoisotopic (exact) mass is 320 g/mol. The van der Waals surface area contributed by atoms with Crippen LogP contribution in [-0.4, -0.2) is 9.55 Å². The third-order valence-electron chi connectivity index (χ3n) is 4.65. The highest BCUT2D eigenvalue weighted by molar-refractivity contribution is 6.07. The summed E-state index contributed by atoms with van der Waals surface area (Å²) in [5.74, 6) is 0. The summed E-state index contributed by atoms with van der Waals surface area (Å²) in [5.41, 5.74) is 5.74. The van der Waals surface area contributed by atoms with Crippen LogP contribution in [0.3, 0.4) is 0 Å². The molecule has 0 aliphatic carbocycles. The van der Waals surface area contributed by atoms with Crippen LogP contribution in [0.5, 0.6) is 0 Å². The summed E-state index contributed by atoms with van der Waals surface area (Å²) in [5, 5.41) is 2.42. The Bertz CT molecular complexity index is 1130. The van der Waals surface area contributed by atoms with E-state index in [1.165, 1.54) is 27.4 Å². The molecule has 3 aromatic carbocycles. The van der Waals surface area contributed by atoms with Crippen LogP contribution < -0.4 is 0 Å². The van der Waals surface area contributed by atoms with Crippen molar-refractivity contribution >= 4 is 21.9 Å². The lowest BCUT2D eigenvalue weighted by atomic mass is 10.1. The molecule has 2 nitrogen and oxygen atoms in total. The van der Waals surface area contributed by atoms with Gasteiger partial charge in [-0.2, -0.15) is 0 Å². The minimum absolute atomic E-state index is 0.994. The van der Waals surface area contributed by atoms with Crippen LogP contribution in [0.25, 0.3) is 38.8 Å². The third kappa shape index (κ3) is 2.23. The summed E-state index contributed by atoms with van der Waals surface area (Å²) < 4.78 is 2.25. The fraction of sp³-hybridized carbons (Fsp3) is 0. The number of rotatable bonds is 2. The molecule has 0 bridgehead atoms. The van der Waals surface area contributed by atoms with Crippen molar-refractivity contribution in [3.63, 3.8) is 0 Å². The molecule has 2 heterocycles. The van der Waals surface area contributed by atoms with Gasteiger partial charge in [0.1, 0.15) is 5.65 Å². The molecule has 0 saturated heterocycles. The maximum absolute atomic E-state index is 4.66. The van der Waals surface area contributed by atoms with Crippen LogP contribution in [0.1, 0.15) is 0 Å². The van der Waals surface area contributed by atoms with E-state index in [4.69, 9.17) is 0 Å². The predicted molar refractivity (Wildman–Crippen MR) is 104 cm³/mol. The van der Waals surface area contributed by atoms with Gasteiger partial charge in [-0.1, -0.05) is 60.7 Å². The standard InChI is InChI=1S/C23H16N2/c1-2-8-17(9-3-1)18-10-6-11-19(16-18)25-22-14-5-4-12-20(22)21-13-7-15-24-23(21)25/h1-16H. The number of nitrogens with zero attached hydrogens (tertiary/aromatic N) is 2. The van der Waals surface area contributed by atoms with Crippen LogP contribution in [0.2, 0.25) is 0 Å². The molecular weight excluding hydrogens is 304 g/mol. The Hall–Kier alpha value is -3.39. The third-order valence-corrected chi connectivity index (χ3v) is 4.65. The van der Waals surface area contributed by atoms with Crippen LogP contribution in [0.4, 0.5) is 0 Å². The van der Waals surface area contributed by atoms with Gasteiger partial charge in [0, 0.05) is 22.7 Å². The molecule has 0 N–H and O–H groups in total. The first-order chi connectivity index (χ1) is 12.4. The van der Waals surface area contributed by atoms with Crippen molar-refractivity contribution in [1.82, 2.24) is 9.55 Å². The van der Waals surface area contributed by atoms with Gasteiger partial charge in [-0.05, 0) is 41.5 Å². The number of aromatic nitrogens is 2. The Morgan fingerprint density at radius 3 is 2.28 bits per heavy atom. The fourth-order valence-corrected chi connectivity index (χ4v) is 3.51. The largest absolute Gasteiger partial charge is 0.294 e. The van der Waals surface area contributed by atoms with Crippen molar-refractivity contribution in [3.8, 4) is 16.8 Å². The molecule has 25 heavy (non-hydrogen) atoms. The molecule has 0 radical (unpaired) electrons. The van der Waals surface area contributed by atoms with E-state index in [2.05, 4.69) is 88.4 Å². The minimum Gasteiger partial charge on any atom is -0.294 e. The van der Waals surface area contributed by atoms with Crippen molar-refractivity contribution in [2.45, 2.75) is 0 Å². The molecule has 5 aromatic rings. The Labute approximate surface area is 146 Å². The summed E-state index contributed by atoms with van der Waals surface area (Å²) in [6.45, 7) is 0. The second kappa shape index (κ2) is 5.60. The molecule has 0 aliphatic heterocycles. The first-order valence-corrected chi connectivity index (χ1v) is 8.42. The summed E-state index contributed by atoms with van der Waals surface area (Å²) in [6.07, 6.45) is 1.86. The van der Waals surface area contributed by atoms with Crippen molar-refractivity contribution in [3.05, 3.63) is 97.2 Å². The highest BCUT2D eigenvalue weighted by Gasteiger charge is 2.12. The maximum Gasteiger partial charge on any atom is 0.145 e. The molecule has 0 aliphatic rings. The van der Waals surface area contributed by atoms with Gasteiger partial charge >= 0.3 is 0 Å². The van der Waals surface area contributed by atoms with Crippen molar-refractivity contribution < 1.29 is 0 Å². The molecule has 2 heteroatoms. The summed E-state index contributed by atoms with van der Waals surface area (Å²) >= 11 is 0. The summed E-state index contributed by atoms with van der Waals surface area (Å²) in [4.78, 5) is 4.66. The highest BCUT2D eigenvalue weighted by Crippen LogP contribution is 2.31. The number of para-hydroxylation sites is 1. The summed E-state index contributed by atoms with van der Waals surface area (Å²) in [6, 6.07) is 31.7. The van der Waals surface area contributed by atoms with E-state index in [1.807, 2.05) is 18.3 Å². The van der Waals surface area contributed by atoms with Crippen LogP contribution in [-0.2, 0) is 0 Å². The fourth-order valence-electron chi connectivity index (χ4n) is 3.51. The number of pyridine rings is 1. The molecule has 0 amide bonds. The Balaban J connectivity index is 1.81. The quantitative estimate of drug-likeness (QED) is 0.399. The SMILES string of the molecule is c1ccc(-c2cccc(-n3c4ccccc4c4cccnc43)c2)cc1. The van der Waals surface area contributed by atoms with Gasteiger partial charge in [-0.25, -0.2) is 4.98 Å². The van der Waals surface area contributed by atoms with E-state index >= 15 is 0 Å². The predicted octanol–water partition coefficient (Wildman–Crippen LogP) is 5.85. The Morgan fingerprint density at radius 2 is 1.36 bits per heavy atom. The van der Waals surface area contributed by atoms with Gasteiger partial charge in [0.25, 0.3) is 0 Å². The van der Waals surface area contributed by atoms with Gasteiger partial charge in [-0.3, -0.25) is 4.57 Å². The lowest BCUT2D eigenvalue weighted by Crippen LogP contribution is -1.95. The lowest BCUT2D eigenvalue weighted by molar-refractivity contribution is 1.14. The highest BCUT2D eigenvalue weighted by atomic mass is 15.0. The zero-order chi connectivity index (χ0) is 16.6. The molecule has 0 spiro atoms. The van der Waals surface area contributed by atoms with E-state index in [1.54, 1.807) is 0 Å². The molecule has 0 atom stereocenters. The molecule has 5 rings (SSSR count). The van der Waals surface area contributed by atoms with E-state index in [0.717, 1.165) is 11.3 Å². The van der Waals surface area contributed by atoms with Crippen molar-refractivity contribution in [1.29, 1.82) is 0 Å². The molecule has 0 fully saturated rings. The summed E-state index contributed by atoms with van der Waals surface area (Å²) in [7, 11) is 0. The van der Waals surface area contributed by atoms with E-state index in [9.17, 15) is 0 Å². The number of benzene rings is 3. The van der Waals surface area contributed by atoms with Gasteiger partial charge in [0.2, 0.25) is 0 Å². The minimum atomic E-state index is 0.994. The normalized spacial score (nSPS) is 11.2. The molecular formula is C23H16N2. The van der Waals surface area contributed by atoms with Gasteiger partial charge in [0.05, 0.1) is 5.52 Å². The second-order valence-corrected chi connectivity index (χ2v) is 6.14. The first-order valence-electron chi connectivity index (χ1n) is 8.42. The van der Waals surface area contributed by atoms with Crippen molar-refractivity contribution in [2.24, 2.45) is 0 Å². The maximum atomic E-state index is 4.66. The van der Waals surface area contributed by atoms with E-state index < -0.39 is 0 Å². The second-order valence-electron chi connectivity index (χ2n) is 6.14. The van der Waals surface area contributed by atoms with Crippen LogP contribution in [0.15, 0.2) is 97.2 Å². The number of hydrogen-bond acceptors (Lipinski definition) is 1. The Morgan fingerprint density at radius 1 is 0.600 bits per heavy atom. The van der Waals surface area contributed by atoms with Crippen molar-refractivity contribution in [2.75, 3.05) is 0 Å². The van der Waals surface area contributed by atoms with Crippen LogP contribution in [0, 0.1) is 0 Å². The lowest BCUT2D eigenvalue weighted by Gasteiger charge is -2.09. The average molecular weight is 320 g/mol. The molecule has 2 aromatic heterocycles.